The molecule has 0 saturated heterocycles. The lowest BCUT2D eigenvalue weighted by Crippen LogP contribution is -2.15. The molecule has 26 heavy (non-hydrogen) atoms. The van der Waals surface area contributed by atoms with Gasteiger partial charge in [0.25, 0.3) is 0 Å². The van der Waals surface area contributed by atoms with E-state index in [1.165, 1.54) is 11.3 Å². The first-order valence-corrected chi connectivity index (χ1v) is 9.25. The summed E-state index contributed by atoms with van der Waals surface area (Å²) in [4.78, 5) is 35.0. The number of rotatable bonds is 6. The van der Waals surface area contributed by atoms with Crippen molar-refractivity contribution >= 4 is 50.1 Å². The van der Waals surface area contributed by atoms with Gasteiger partial charge in [0.05, 0.1) is 6.10 Å². The predicted octanol–water partition coefficient (Wildman–Crippen LogP) is 4.32. The first kappa shape index (κ1) is 19.9. The van der Waals surface area contributed by atoms with Crippen molar-refractivity contribution in [1.29, 1.82) is 0 Å². The minimum atomic E-state index is -1.23. The molecule has 2 aromatic rings. The van der Waals surface area contributed by atoms with Gasteiger partial charge in [-0.1, -0.05) is 28.1 Å². The van der Waals surface area contributed by atoms with Gasteiger partial charge >= 0.3 is 11.9 Å². The number of carboxylic acid groups (broad SMARTS) is 1. The highest BCUT2D eigenvalue weighted by Crippen LogP contribution is 2.36. The zero-order valence-corrected chi connectivity index (χ0v) is 16.4. The summed E-state index contributed by atoms with van der Waals surface area (Å²) in [5.41, 5.74) is 1.66. The van der Waals surface area contributed by atoms with E-state index >= 15 is 0 Å². The van der Waals surface area contributed by atoms with E-state index in [4.69, 9.17) is 9.84 Å². The molecule has 136 valence electrons. The average molecular weight is 438 g/mol. The largest absolute Gasteiger partial charge is 0.478 e. The molecule has 0 radical (unpaired) electrons. The second kappa shape index (κ2) is 8.77. The Hall–Kier alpha value is -2.45. The van der Waals surface area contributed by atoms with Crippen LogP contribution in [0, 0.1) is 0 Å². The fraction of sp³-hybridized carbons (Fsp3) is 0.167. The number of carboxylic acids is 1. The number of amides is 1. The number of nitrogens with one attached hydrogen (secondary N) is 1. The van der Waals surface area contributed by atoms with Gasteiger partial charge in [-0.15, -0.1) is 11.3 Å². The molecular weight excluding hydrogens is 422 g/mol. The van der Waals surface area contributed by atoms with E-state index in [1.807, 2.05) is 24.3 Å². The Labute approximate surface area is 162 Å². The van der Waals surface area contributed by atoms with Crippen LogP contribution in [0.5, 0.6) is 0 Å². The van der Waals surface area contributed by atoms with Gasteiger partial charge in [0.15, 0.2) is 0 Å². The van der Waals surface area contributed by atoms with Crippen molar-refractivity contribution in [3.63, 3.8) is 0 Å². The molecule has 0 saturated carbocycles. The molecule has 0 spiro atoms. The monoisotopic (exact) mass is 437 g/mol. The maximum atomic E-state index is 12.6. The van der Waals surface area contributed by atoms with E-state index in [-0.39, 0.29) is 11.7 Å². The Kier molecular flexibility index (Phi) is 6.70. The molecule has 1 aromatic carbocycles. The Morgan fingerprint density at radius 2 is 1.85 bits per heavy atom. The average Bonchev–Trinajstić information content (AvgIpc) is 2.96. The molecular formula is C18H16BrNO5S. The molecule has 1 aromatic heterocycles. The summed E-state index contributed by atoms with van der Waals surface area (Å²) < 4.78 is 6.19. The fourth-order valence-corrected chi connectivity index (χ4v) is 3.29. The van der Waals surface area contributed by atoms with Crippen LogP contribution < -0.4 is 5.32 Å². The van der Waals surface area contributed by atoms with Crippen molar-refractivity contribution in [3.8, 4) is 11.1 Å². The van der Waals surface area contributed by atoms with Gasteiger partial charge in [-0.3, -0.25) is 4.79 Å². The molecule has 0 fully saturated rings. The molecule has 0 aliphatic rings. The highest BCUT2D eigenvalue weighted by atomic mass is 79.9. The van der Waals surface area contributed by atoms with Gasteiger partial charge in [-0.2, -0.15) is 0 Å². The summed E-state index contributed by atoms with van der Waals surface area (Å²) in [6.07, 6.45) is 1.29. The van der Waals surface area contributed by atoms with Crippen LogP contribution in [0.3, 0.4) is 0 Å². The number of benzene rings is 1. The molecule has 0 unspecified atom stereocenters. The van der Waals surface area contributed by atoms with E-state index in [0.29, 0.717) is 10.6 Å². The van der Waals surface area contributed by atoms with Crippen LogP contribution in [0.1, 0.15) is 24.2 Å². The van der Waals surface area contributed by atoms with Crippen LogP contribution in [-0.4, -0.2) is 29.1 Å². The highest BCUT2D eigenvalue weighted by Gasteiger charge is 2.23. The molecule has 6 nitrogen and oxygen atoms in total. The molecule has 0 atom stereocenters. The third-order valence-electron chi connectivity index (χ3n) is 3.11. The number of anilines is 1. The normalized spacial score (nSPS) is 10.9. The quantitative estimate of drug-likeness (QED) is 0.518. The predicted molar refractivity (Wildman–Crippen MR) is 103 cm³/mol. The summed E-state index contributed by atoms with van der Waals surface area (Å²) >= 11 is 4.53. The SMILES string of the molecule is CC(C)OC(=O)c1c(-c2ccc(Br)cc2)csc1NC(=O)/C=C/C(=O)O. The lowest BCUT2D eigenvalue weighted by Gasteiger charge is -2.11. The highest BCUT2D eigenvalue weighted by molar-refractivity contribution is 9.10. The van der Waals surface area contributed by atoms with E-state index in [1.54, 1.807) is 19.2 Å². The number of thiophene rings is 1. The third kappa shape index (κ3) is 5.27. The molecule has 0 aliphatic heterocycles. The summed E-state index contributed by atoms with van der Waals surface area (Å²) in [5.74, 6) is -2.44. The van der Waals surface area contributed by atoms with Crippen LogP contribution >= 0.6 is 27.3 Å². The van der Waals surface area contributed by atoms with Gasteiger partial charge in [0, 0.05) is 27.6 Å². The third-order valence-corrected chi connectivity index (χ3v) is 4.53. The Bertz CT molecular complexity index is 855. The summed E-state index contributed by atoms with van der Waals surface area (Å²) in [5, 5.41) is 13.2. The zero-order valence-electron chi connectivity index (χ0n) is 14.0. The van der Waals surface area contributed by atoms with Crippen molar-refractivity contribution in [2.24, 2.45) is 0 Å². The number of hydrogen-bond acceptors (Lipinski definition) is 5. The number of carbonyl (C=O) groups excluding carboxylic acids is 2. The van der Waals surface area contributed by atoms with Crippen molar-refractivity contribution in [3.05, 3.63) is 51.8 Å². The number of aliphatic carboxylic acids is 1. The number of halogens is 1. The molecule has 8 heteroatoms. The van der Waals surface area contributed by atoms with Crippen molar-refractivity contribution in [2.75, 3.05) is 5.32 Å². The molecule has 2 N–H and O–H groups in total. The topological polar surface area (TPSA) is 92.7 Å². The lowest BCUT2D eigenvalue weighted by molar-refractivity contribution is -0.131. The van der Waals surface area contributed by atoms with Crippen LogP contribution in [0.15, 0.2) is 46.3 Å². The van der Waals surface area contributed by atoms with Crippen LogP contribution in [0.4, 0.5) is 5.00 Å². The Morgan fingerprint density at radius 3 is 2.42 bits per heavy atom. The molecule has 0 aliphatic carbocycles. The van der Waals surface area contributed by atoms with E-state index in [9.17, 15) is 14.4 Å². The van der Waals surface area contributed by atoms with Crippen LogP contribution in [0.2, 0.25) is 0 Å². The smallest absolute Gasteiger partial charge is 0.342 e. The van der Waals surface area contributed by atoms with Crippen molar-refractivity contribution in [2.45, 2.75) is 20.0 Å². The van der Waals surface area contributed by atoms with Gasteiger partial charge in [-0.25, -0.2) is 9.59 Å². The Morgan fingerprint density at radius 1 is 1.19 bits per heavy atom. The maximum Gasteiger partial charge on any atom is 0.342 e. The second-order valence-electron chi connectivity index (χ2n) is 5.48. The minimum Gasteiger partial charge on any atom is -0.478 e. The van der Waals surface area contributed by atoms with Crippen LogP contribution in [-0.2, 0) is 14.3 Å². The lowest BCUT2D eigenvalue weighted by atomic mass is 10.0. The van der Waals surface area contributed by atoms with Gasteiger partial charge in [-0.05, 0) is 31.5 Å². The number of ether oxygens (including phenoxy) is 1. The minimum absolute atomic E-state index is 0.239. The van der Waals surface area contributed by atoms with Crippen LogP contribution in [0.25, 0.3) is 11.1 Å². The Balaban J connectivity index is 2.41. The summed E-state index contributed by atoms with van der Waals surface area (Å²) in [7, 11) is 0. The molecule has 1 amide bonds. The van der Waals surface area contributed by atoms with Gasteiger partial charge in [0.2, 0.25) is 5.91 Å². The van der Waals surface area contributed by atoms with Gasteiger partial charge < -0.3 is 15.2 Å². The fourth-order valence-electron chi connectivity index (χ4n) is 2.07. The van der Waals surface area contributed by atoms with Gasteiger partial charge in [0.1, 0.15) is 10.6 Å². The summed E-state index contributed by atoms with van der Waals surface area (Å²) in [6.45, 7) is 3.47. The van der Waals surface area contributed by atoms with E-state index in [2.05, 4.69) is 21.2 Å². The zero-order chi connectivity index (χ0) is 19.3. The molecule has 2 rings (SSSR count). The molecule has 0 bridgehead atoms. The number of hydrogen-bond donors (Lipinski definition) is 2. The number of carbonyl (C=O) groups is 3. The van der Waals surface area contributed by atoms with Crippen molar-refractivity contribution in [1.82, 2.24) is 0 Å². The molecule has 1 heterocycles. The summed E-state index contributed by atoms with van der Waals surface area (Å²) in [6, 6.07) is 7.37. The van der Waals surface area contributed by atoms with E-state index in [0.717, 1.165) is 22.2 Å². The maximum absolute atomic E-state index is 12.6. The second-order valence-corrected chi connectivity index (χ2v) is 7.27. The first-order valence-electron chi connectivity index (χ1n) is 7.58. The standard InChI is InChI=1S/C18H16BrNO5S/c1-10(2)25-18(24)16-13(11-3-5-12(19)6-4-11)9-26-17(16)20-14(21)7-8-15(22)23/h3-10H,1-2H3,(H,20,21)(H,22,23)/b8-7+. The first-order chi connectivity index (χ1) is 12.3. The number of esters is 1. The van der Waals surface area contributed by atoms with Crippen molar-refractivity contribution < 1.29 is 24.2 Å². The van der Waals surface area contributed by atoms with E-state index < -0.39 is 17.8 Å².